The second kappa shape index (κ2) is 6.58. The molecule has 0 saturated heterocycles. The Kier molecular flexibility index (Phi) is 4.50. The Morgan fingerprint density at radius 3 is 2.75 bits per heavy atom. The third-order valence-electron chi connectivity index (χ3n) is 4.18. The molecule has 1 saturated carbocycles. The molecular weight excluding hydrogens is 323 g/mol. The molecule has 2 aromatic heterocycles. The molecule has 0 aliphatic heterocycles. The summed E-state index contributed by atoms with van der Waals surface area (Å²) in [5.74, 6) is -1.88. The molecular formula is C15H16F3N5O. The summed E-state index contributed by atoms with van der Waals surface area (Å²) < 4.78 is 39.9. The lowest BCUT2D eigenvalue weighted by molar-refractivity contribution is -0.185. The molecule has 2 atom stereocenters. The number of carbonyl (C=O) groups excluding carboxylic acids is 1. The minimum Gasteiger partial charge on any atom is -0.324 e. The van der Waals surface area contributed by atoms with E-state index >= 15 is 0 Å². The van der Waals surface area contributed by atoms with Gasteiger partial charge in [0.1, 0.15) is 12.7 Å². The molecule has 128 valence electrons. The highest BCUT2D eigenvalue weighted by Crippen LogP contribution is 2.40. The van der Waals surface area contributed by atoms with Gasteiger partial charge in [-0.25, -0.2) is 14.6 Å². The number of carbonyl (C=O) groups is 1. The summed E-state index contributed by atoms with van der Waals surface area (Å²) in [5.41, 5.74) is 0.443. The molecule has 1 N–H and O–H groups in total. The number of rotatable bonds is 3. The SMILES string of the molecule is O=C(Nc1ccc(-n2cncn2)nc1)[C@H]1CCC[C@@H](C(F)(F)F)C1. The topological polar surface area (TPSA) is 72.7 Å². The Hall–Kier alpha value is -2.45. The quantitative estimate of drug-likeness (QED) is 0.933. The monoisotopic (exact) mass is 339 g/mol. The molecule has 0 bridgehead atoms. The lowest BCUT2D eigenvalue weighted by atomic mass is 9.80. The fourth-order valence-corrected chi connectivity index (χ4v) is 2.89. The van der Waals surface area contributed by atoms with Crippen molar-refractivity contribution in [1.29, 1.82) is 0 Å². The predicted octanol–water partition coefficient (Wildman–Crippen LogP) is 2.97. The summed E-state index contributed by atoms with van der Waals surface area (Å²) >= 11 is 0. The molecule has 1 aliphatic carbocycles. The van der Waals surface area contributed by atoms with Gasteiger partial charge in [-0.05, 0) is 31.4 Å². The summed E-state index contributed by atoms with van der Waals surface area (Å²) in [6.45, 7) is 0. The summed E-state index contributed by atoms with van der Waals surface area (Å²) in [7, 11) is 0. The molecule has 0 radical (unpaired) electrons. The Bertz CT molecular complexity index is 684. The highest BCUT2D eigenvalue weighted by atomic mass is 19.4. The standard InChI is InChI=1S/C15H16F3N5O/c16-15(17,18)11-3-1-2-10(6-11)14(24)22-12-4-5-13(20-7-12)23-9-19-8-21-23/h4-5,7-11H,1-3,6H2,(H,22,24)/t10-,11+/m0/s1. The van der Waals surface area contributed by atoms with E-state index in [1.54, 1.807) is 12.1 Å². The average molecular weight is 339 g/mol. The van der Waals surface area contributed by atoms with Crippen molar-refractivity contribution in [3.05, 3.63) is 31.0 Å². The van der Waals surface area contributed by atoms with E-state index in [9.17, 15) is 18.0 Å². The molecule has 1 aliphatic rings. The molecule has 1 amide bonds. The summed E-state index contributed by atoms with van der Waals surface area (Å²) in [4.78, 5) is 20.2. The van der Waals surface area contributed by atoms with Crippen LogP contribution in [0.4, 0.5) is 18.9 Å². The van der Waals surface area contributed by atoms with Crippen LogP contribution in [0.25, 0.3) is 5.82 Å². The van der Waals surface area contributed by atoms with Gasteiger partial charge in [-0.15, -0.1) is 0 Å². The number of hydrogen-bond donors (Lipinski definition) is 1. The van der Waals surface area contributed by atoms with Gasteiger partial charge in [-0.3, -0.25) is 4.79 Å². The zero-order chi connectivity index (χ0) is 17.2. The summed E-state index contributed by atoms with van der Waals surface area (Å²) in [5, 5.41) is 6.57. The van der Waals surface area contributed by atoms with Crippen LogP contribution in [0.2, 0.25) is 0 Å². The number of aromatic nitrogens is 4. The van der Waals surface area contributed by atoms with E-state index in [1.807, 2.05) is 0 Å². The Morgan fingerprint density at radius 2 is 2.12 bits per heavy atom. The van der Waals surface area contributed by atoms with Crippen LogP contribution < -0.4 is 5.32 Å². The van der Waals surface area contributed by atoms with E-state index in [1.165, 1.54) is 23.5 Å². The number of nitrogens with one attached hydrogen (secondary N) is 1. The molecule has 3 rings (SSSR count). The van der Waals surface area contributed by atoms with Gasteiger partial charge in [0.25, 0.3) is 0 Å². The van der Waals surface area contributed by atoms with Crippen molar-refractivity contribution < 1.29 is 18.0 Å². The first-order valence-corrected chi connectivity index (χ1v) is 7.62. The van der Waals surface area contributed by atoms with Crippen molar-refractivity contribution in [1.82, 2.24) is 19.7 Å². The van der Waals surface area contributed by atoms with E-state index in [0.29, 0.717) is 24.3 Å². The number of alkyl halides is 3. The Labute approximate surface area is 136 Å². The van der Waals surface area contributed by atoms with Crippen LogP contribution in [0, 0.1) is 11.8 Å². The van der Waals surface area contributed by atoms with Crippen molar-refractivity contribution in [3.8, 4) is 5.82 Å². The molecule has 9 heteroatoms. The van der Waals surface area contributed by atoms with E-state index in [0.717, 1.165) is 0 Å². The number of amides is 1. The Balaban J connectivity index is 1.62. The van der Waals surface area contributed by atoms with Gasteiger partial charge < -0.3 is 5.32 Å². The first-order valence-electron chi connectivity index (χ1n) is 7.62. The summed E-state index contributed by atoms with van der Waals surface area (Å²) in [6, 6.07) is 3.27. The lowest BCUT2D eigenvalue weighted by Crippen LogP contribution is -2.34. The number of hydrogen-bond acceptors (Lipinski definition) is 4. The number of halogens is 3. The van der Waals surface area contributed by atoms with Gasteiger partial charge >= 0.3 is 6.18 Å². The Morgan fingerprint density at radius 1 is 1.29 bits per heavy atom. The predicted molar refractivity (Wildman–Crippen MR) is 79.3 cm³/mol. The van der Waals surface area contributed by atoms with E-state index < -0.39 is 18.0 Å². The first kappa shape index (κ1) is 16.4. The number of nitrogens with zero attached hydrogens (tertiary/aromatic N) is 4. The van der Waals surface area contributed by atoms with Gasteiger partial charge in [0.15, 0.2) is 5.82 Å². The van der Waals surface area contributed by atoms with Crippen molar-refractivity contribution in [3.63, 3.8) is 0 Å². The highest BCUT2D eigenvalue weighted by molar-refractivity contribution is 5.92. The lowest BCUT2D eigenvalue weighted by Gasteiger charge is -2.29. The maximum absolute atomic E-state index is 12.8. The molecule has 0 spiro atoms. The van der Waals surface area contributed by atoms with Crippen LogP contribution in [0.15, 0.2) is 31.0 Å². The van der Waals surface area contributed by atoms with Crippen molar-refractivity contribution in [2.45, 2.75) is 31.9 Å². The van der Waals surface area contributed by atoms with Crippen LogP contribution in [0.1, 0.15) is 25.7 Å². The molecule has 2 aromatic rings. The molecule has 6 nitrogen and oxygen atoms in total. The zero-order valence-corrected chi connectivity index (χ0v) is 12.7. The second-order valence-corrected chi connectivity index (χ2v) is 5.84. The van der Waals surface area contributed by atoms with Crippen LogP contribution in [0.3, 0.4) is 0 Å². The van der Waals surface area contributed by atoms with Gasteiger partial charge in [0, 0.05) is 5.92 Å². The number of pyridine rings is 1. The zero-order valence-electron chi connectivity index (χ0n) is 12.7. The first-order chi connectivity index (χ1) is 11.4. The van der Waals surface area contributed by atoms with Gasteiger partial charge in [-0.2, -0.15) is 18.3 Å². The fraction of sp³-hybridized carbons (Fsp3) is 0.467. The summed E-state index contributed by atoms with van der Waals surface area (Å²) in [6.07, 6.45) is 0.895. The van der Waals surface area contributed by atoms with Crippen molar-refractivity contribution >= 4 is 11.6 Å². The molecule has 0 unspecified atom stereocenters. The average Bonchev–Trinajstić information content (AvgIpc) is 3.09. The second-order valence-electron chi connectivity index (χ2n) is 5.84. The molecule has 0 aromatic carbocycles. The van der Waals surface area contributed by atoms with Crippen LogP contribution in [-0.4, -0.2) is 31.8 Å². The number of anilines is 1. The normalized spacial score (nSPS) is 21.5. The smallest absolute Gasteiger partial charge is 0.324 e. The third kappa shape index (κ3) is 3.72. The van der Waals surface area contributed by atoms with Gasteiger partial charge in [-0.1, -0.05) is 6.42 Å². The van der Waals surface area contributed by atoms with E-state index in [-0.39, 0.29) is 18.7 Å². The highest BCUT2D eigenvalue weighted by Gasteiger charge is 2.43. The van der Waals surface area contributed by atoms with Crippen molar-refractivity contribution in [2.24, 2.45) is 11.8 Å². The van der Waals surface area contributed by atoms with Crippen LogP contribution in [0.5, 0.6) is 0 Å². The van der Waals surface area contributed by atoms with E-state index in [2.05, 4.69) is 20.4 Å². The minimum absolute atomic E-state index is 0.0986. The maximum atomic E-state index is 12.8. The largest absolute Gasteiger partial charge is 0.391 e. The van der Waals surface area contributed by atoms with Gasteiger partial charge in [0.05, 0.1) is 17.8 Å². The third-order valence-corrected chi connectivity index (χ3v) is 4.18. The molecule has 24 heavy (non-hydrogen) atoms. The molecule has 2 heterocycles. The maximum Gasteiger partial charge on any atom is 0.391 e. The molecule has 1 fully saturated rings. The minimum atomic E-state index is -4.24. The fourth-order valence-electron chi connectivity index (χ4n) is 2.89. The van der Waals surface area contributed by atoms with Crippen molar-refractivity contribution in [2.75, 3.05) is 5.32 Å². The van der Waals surface area contributed by atoms with Gasteiger partial charge in [0.2, 0.25) is 5.91 Å². The van der Waals surface area contributed by atoms with E-state index in [4.69, 9.17) is 0 Å². The van der Waals surface area contributed by atoms with Crippen LogP contribution >= 0.6 is 0 Å². The van der Waals surface area contributed by atoms with Crippen LogP contribution in [-0.2, 0) is 4.79 Å².